The van der Waals surface area contributed by atoms with Gasteiger partial charge in [-0.25, -0.2) is 19.4 Å². The molecule has 0 saturated carbocycles. The fraction of sp³-hybridized carbons (Fsp3) is 0.190. The van der Waals surface area contributed by atoms with E-state index in [9.17, 15) is 4.79 Å². The van der Waals surface area contributed by atoms with Crippen LogP contribution in [0.25, 0.3) is 11.3 Å². The Bertz CT molecular complexity index is 1200. The van der Waals surface area contributed by atoms with E-state index in [1.807, 2.05) is 32.0 Å². The van der Waals surface area contributed by atoms with Crippen LogP contribution in [-0.2, 0) is 4.74 Å². The summed E-state index contributed by atoms with van der Waals surface area (Å²) in [6.07, 6.45) is 0. The quantitative estimate of drug-likeness (QED) is 0.454. The predicted molar refractivity (Wildman–Crippen MR) is 112 cm³/mol. The minimum atomic E-state index is -0.365. The zero-order valence-electron chi connectivity index (χ0n) is 16.8. The molecule has 0 atom stereocenters. The van der Waals surface area contributed by atoms with Crippen LogP contribution in [0.5, 0.6) is 0 Å². The number of aromatic nitrogens is 4. The average Bonchev–Trinajstić information content (AvgIpc) is 3.19. The average molecular weight is 404 g/mol. The topological polar surface area (TPSA) is 115 Å². The summed E-state index contributed by atoms with van der Waals surface area (Å²) < 4.78 is 9.77. The van der Waals surface area contributed by atoms with Crippen molar-refractivity contribution in [3.05, 3.63) is 59.2 Å². The van der Waals surface area contributed by atoms with Crippen LogP contribution in [0, 0.1) is 13.8 Å². The molecule has 0 unspecified atom stereocenters. The lowest BCUT2D eigenvalue weighted by molar-refractivity contribution is 0.0526. The van der Waals surface area contributed by atoms with Gasteiger partial charge in [0.2, 0.25) is 11.3 Å². The van der Waals surface area contributed by atoms with Crippen molar-refractivity contribution in [2.75, 3.05) is 17.2 Å². The standard InChI is InChI=1S/C21H20N6O3/c1-4-29-21(28)14-8-10-15(11-9-14)22-17-18(25-20-19(24-17)26-30-27-20)23-16-7-5-6-12(2)13(16)3/h5-11H,4H2,1-3H3,(H,22,24,26)(H,23,25,27). The Labute approximate surface area is 172 Å². The van der Waals surface area contributed by atoms with E-state index in [4.69, 9.17) is 9.37 Å². The fourth-order valence-electron chi connectivity index (χ4n) is 2.87. The van der Waals surface area contributed by atoms with E-state index >= 15 is 0 Å². The normalized spacial score (nSPS) is 10.8. The molecule has 152 valence electrons. The highest BCUT2D eigenvalue weighted by Crippen LogP contribution is 2.29. The van der Waals surface area contributed by atoms with E-state index in [0.717, 1.165) is 22.5 Å². The van der Waals surface area contributed by atoms with Gasteiger partial charge in [0.05, 0.1) is 12.2 Å². The maximum absolute atomic E-state index is 11.8. The number of nitrogens with one attached hydrogen (secondary N) is 2. The Morgan fingerprint density at radius 3 is 2.30 bits per heavy atom. The maximum atomic E-state index is 11.8. The van der Waals surface area contributed by atoms with E-state index in [0.29, 0.717) is 29.5 Å². The molecule has 9 heteroatoms. The van der Waals surface area contributed by atoms with Gasteiger partial charge in [-0.3, -0.25) is 0 Å². The van der Waals surface area contributed by atoms with Gasteiger partial charge >= 0.3 is 5.97 Å². The number of carbonyl (C=O) groups is 1. The highest BCUT2D eigenvalue weighted by atomic mass is 16.6. The SMILES string of the molecule is CCOC(=O)c1ccc(Nc2nc3nonc3nc2Nc2cccc(C)c2C)cc1. The monoisotopic (exact) mass is 404 g/mol. The lowest BCUT2D eigenvalue weighted by Crippen LogP contribution is -2.06. The first-order valence-electron chi connectivity index (χ1n) is 9.43. The minimum absolute atomic E-state index is 0.284. The van der Waals surface area contributed by atoms with Gasteiger partial charge in [0, 0.05) is 11.4 Å². The van der Waals surface area contributed by atoms with Crippen molar-refractivity contribution < 1.29 is 14.2 Å². The van der Waals surface area contributed by atoms with Crippen LogP contribution < -0.4 is 10.6 Å². The first-order valence-corrected chi connectivity index (χ1v) is 9.43. The summed E-state index contributed by atoms with van der Waals surface area (Å²) in [5.41, 5.74) is 4.93. The lowest BCUT2D eigenvalue weighted by Gasteiger charge is -2.14. The number of rotatable bonds is 6. The van der Waals surface area contributed by atoms with E-state index in [1.165, 1.54) is 0 Å². The number of hydrogen-bond donors (Lipinski definition) is 2. The molecule has 2 aromatic carbocycles. The van der Waals surface area contributed by atoms with Gasteiger partial charge < -0.3 is 15.4 Å². The van der Waals surface area contributed by atoms with Crippen molar-refractivity contribution >= 4 is 40.3 Å². The highest BCUT2D eigenvalue weighted by molar-refractivity contribution is 5.90. The molecule has 0 fully saturated rings. The molecule has 0 amide bonds. The van der Waals surface area contributed by atoms with Gasteiger partial charge in [-0.2, -0.15) is 0 Å². The van der Waals surface area contributed by atoms with Gasteiger partial charge in [-0.05, 0) is 72.5 Å². The van der Waals surface area contributed by atoms with Gasteiger partial charge in [-0.15, -0.1) is 0 Å². The molecule has 0 saturated heterocycles. The van der Waals surface area contributed by atoms with Crippen LogP contribution in [0.2, 0.25) is 0 Å². The molecule has 2 aromatic heterocycles. The summed E-state index contributed by atoms with van der Waals surface area (Å²) >= 11 is 0. The van der Waals surface area contributed by atoms with Gasteiger partial charge in [0.25, 0.3) is 0 Å². The number of fused-ring (bicyclic) bond motifs is 1. The number of anilines is 4. The van der Waals surface area contributed by atoms with Crippen LogP contribution in [-0.4, -0.2) is 32.9 Å². The smallest absolute Gasteiger partial charge is 0.338 e. The van der Waals surface area contributed by atoms with Crippen molar-refractivity contribution in [2.45, 2.75) is 20.8 Å². The van der Waals surface area contributed by atoms with Crippen molar-refractivity contribution in [3.8, 4) is 0 Å². The number of esters is 1. The summed E-state index contributed by atoms with van der Waals surface area (Å²) in [5, 5.41) is 14.1. The Balaban J connectivity index is 1.66. The van der Waals surface area contributed by atoms with Gasteiger partial charge in [0.1, 0.15) is 0 Å². The fourth-order valence-corrected chi connectivity index (χ4v) is 2.87. The predicted octanol–water partition coefficient (Wildman–Crippen LogP) is 4.29. The lowest BCUT2D eigenvalue weighted by atomic mass is 10.1. The zero-order valence-corrected chi connectivity index (χ0v) is 16.8. The summed E-state index contributed by atoms with van der Waals surface area (Å²) in [4.78, 5) is 20.8. The summed E-state index contributed by atoms with van der Waals surface area (Å²) in [6.45, 7) is 6.17. The van der Waals surface area contributed by atoms with Crippen molar-refractivity contribution in [1.82, 2.24) is 20.3 Å². The number of carbonyl (C=O) groups excluding carboxylic acids is 1. The van der Waals surface area contributed by atoms with Crippen molar-refractivity contribution in [2.24, 2.45) is 0 Å². The maximum Gasteiger partial charge on any atom is 0.338 e. The summed E-state index contributed by atoms with van der Waals surface area (Å²) in [6, 6.07) is 12.9. The Kier molecular flexibility index (Phi) is 5.25. The minimum Gasteiger partial charge on any atom is -0.462 e. The molecule has 9 nitrogen and oxygen atoms in total. The van der Waals surface area contributed by atoms with E-state index in [2.05, 4.69) is 30.9 Å². The Morgan fingerprint density at radius 2 is 1.63 bits per heavy atom. The molecular weight excluding hydrogens is 384 g/mol. The second-order valence-corrected chi connectivity index (χ2v) is 6.63. The number of hydrogen-bond acceptors (Lipinski definition) is 9. The van der Waals surface area contributed by atoms with Gasteiger partial charge in [-0.1, -0.05) is 12.1 Å². The molecule has 0 spiro atoms. The number of nitrogens with zero attached hydrogens (tertiary/aromatic N) is 4. The molecular formula is C21H20N6O3. The first-order chi connectivity index (χ1) is 14.5. The first kappa shape index (κ1) is 19.3. The Morgan fingerprint density at radius 1 is 0.967 bits per heavy atom. The largest absolute Gasteiger partial charge is 0.462 e. The van der Waals surface area contributed by atoms with E-state index in [-0.39, 0.29) is 11.6 Å². The number of benzene rings is 2. The third-order valence-corrected chi connectivity index (χ3v) is 4.63. The van der Waals surface area contributed by atoms with Crippen LogP contribution in [0.3, 0.4) is 0 Å². The van der Waals surface area contributed by atoms with Crippen LogP contribution in [0.4, 0.5) is 23.0 Å². The summed E-state index contributed by atoms with van der Waals surface area (Å²) in [5.74, 6) is 0.556. The van der Waals surface area contributed by atoms with Crippen molar-refractivity contribution in [3.63, 3.8) is 0 Å². The molecule has 2 heterocycles. The highest BCUT2D eigenvalue weighted by Gasteiger charge is 2.15. The van der Waals surface area contributed by atoms with Crippen LogP contribution in [0.15, 0.2) is 47.1 Å². The second kappa shape index (κ2) is 8.16. The van der Waals surface area contributed by atoms with Crippen LogP contribution >= 0.6 is 0 Å². The molecule has 0 aliphatic rings. The molecule has 4 rings (SSSR count). The van der Waals surface area contributed by atoms with Gasteiger partial charge in [0.15, 0.2) is 11.6 Å². The molecule has 2 N–H and O–H groups in total. The molecule has 0 radical (unpaired) electrons. The Hall–Kier alpha value is -4.01. The zero-order chi connectivity index (χ0) is 21.1. The third-order valence-electron chi connectivity index (χ3n) is 4.63. The molecule has 0 aliphatic carbocycles. The number of aryl methyl sites for hydroxylation is 1. The number of ether oxygens (including phenoxy) is 1. The molecule has 30 heavy (non-hydrogen) atoms. The molecule has 0 aliphatic heterocycles. The van der Waals surface area contributed by atoms with E-state index < -0.39 is 0 Å². The third kappa shape index (κ3) is 3.90. The summed E-state index contributed by atoms with van der Waals surface area (Å²) in [7, 11) is 0. The second-order valence-electron chi connectivity index (χ2n) is 6.63. The van der Waals surface area contributed by atoms with Crippen molar-refractivity contribution in [1.29, 1.82) is 0 Å². The molecule has 0 bridgehead atoms. The van der Waals surface area contributed by atoms with Crippen LogP contribution in [0.1, 0.15) is 28.4 Å². The van der Waals surface area contributed by atoms with E-state index in [1.54, 1.807) is 31.2 Å². The molecule has 4 aromatic rings.